The summed E-state index contributed by atoms with van der Waals surface area (Å²) in [6.45, 7) is 27.2. The van der Waals surface area contributed by atoms with Crippen molar-refractivity contribution in [3.8, 4) is 34.1 Å². The number of benzene rings is 4. The van der Waals surface area contributed by atoms with E-state index < -0.39 is 0 Å². The molecule has 0 aliphatic carbocycles. The van der Waals surface area contributed by atoms with Gasteiger partial charge in [-0.05, 0) is 80.1 Å². The summed E-state index contributed by atoms with van der Waals surface area (Å²) in [6, 6.07) is 37.3. The minimum absolute atomic E-state index is 0. The normalized spacial score (nSPS) is 12.3. The molecule has 0 saturated heterocycles. The average Bonchev–Trinajstić information content (AvgIpc) is 3.68. The Hall–Kier alpha value is -4.50. The number of rotatable bonds is 8. The number of ether oxygens (including phenoxy) is 1. The summed E-state index contributed by atoms with van der Waals surface area (Å²) in [4.78, 5) is 4.81. The minimum atomic E-state index is 0. The molecule has 0 aliphatic rings. The van der Waals surface area contributed by atoms with Gasteiger partial charge >= 0.3 is 20.4 Å². The van der Waals surface area contributed by atoms with Crippen molar-refractivity contribution in [2.24, 2.45) is 0 Å². The van der Waals surface area contributed by atoms with Crippen LogP contribution < -0.4 is 4.74 Å². The quantitative estimate of drug-likeness (QED) is 0.113. The summed E-state index contributed by atoms with van der Waals surface area (Å²) < 4.78 is 10.9. The maximum absolute atomic E-state index is 6.59. The monoisotopic (exact) mass is 820 g/mol. The molecule has 0 unspecified atom stereocenters. The van der Waals surface area contributed by atoms with E-state index in [4.69, 9.17) is 14.8 Å². The Labute approximate surface area is 341 Å². The number of fused-ring (bicyclic) bond motifs is 3. The van der Waals surface area contributed by atoms with Gasteiger partial charge in [0.05, 0.1) is 11.4 Å². The van der Waals surface area contributed by atoms with E-state index in [1.165, 1.54) is 33.5 Å². The van der Waals surface area contributed by atoms with E-state index in [-0.39, 0.29) is 43.1 Å². The summed E-state index contributed by atoms with van der Waals surface area (Å²) in [6.07, 6.45) is 1.90. The smallest absolute Gasteiger partial charge is 0.509 e. The van der Waals surface area contributed by atoms with Crippen molar-refractivity contribution in [3.63, 3.8) is 0 Å². The van der Waals surface area contributed by atoms with Crippen molar-refractivity contribution in [2.75, 3.05) is 0 Å². The van der Waals surface area contributed by atoms with Gasteiger partial charge in [-0.2, -0.15) is 17.2 Å². The molecule has 0 spiro atoms. The molecule has 6 heteroatoms. The van der Waals surface area contributed by atoms with E-state index in [0.29, 0.717) is 17.4 Å². The van der Waals surface area contributed by atoms with Gasteiger partial charge in [-0.3, -0.25) is 4.68 Å². The molecule has 0 aliphatic heterocycles. The molecule has 0 N–H and O–H groups in total. The van der Waals surface area contributed by atoms with Crippen LogP contribution in [0.2, 0.25) is 0 Å². The largest absolute Gasteiger partial charge is 2.00 e. The van der Waals surface area contributed by atoms with Gasteiger partial charge in [-0.25, -0.2) is 4.98 Å². The van der Waals surface area contributed by atoms with Crippen LogP contribution >= 0.6 is 0 Å². The fourth-order valence-corrected chi connectivity index (χ4v) is 7.33. The Morgan fingerprint density at radius 2 is 1.33 bits per heavy atom. The molecule has 0 fully saturated rings. The fourth-order valence-electron chi connectivity index (χ4n) is 7.33. The first-order valence-corrected chi connectivity index (χ1v) is 19.4. The second kappa shape index (κ2) is 15.2. The molecule has 4 aromatic carbocycles. The van der Waals surface area contributed by atoms with Crippen molar-refractivity contribution < 1.29 is 25.2 Å². The first-order valence-electron chi connectivity index (χ1n) is 19.4. The van der Waals surface area contributed by atoms with Crippen LogP contribution in [0.25, 0.3) is 44.4 Å². The number of pyridine rings is 1. The first-order chi connectivity index (χ1) is 25.5. The fraction of sp³-hybridized carbons (Fsp3) is 0.347. The van der Waals surface area contributed by atoms with Gasteiger partial charge in [0.1, 0.15) is 5.82 Å². The van der Waals surface area contributed by atoms with E-state index >= 15 is 0 Å². The van der Waals surface area contributed by atoms with Crippen molar-refractivity contribution in [3.05, 3.63) is 131 Å². The van der Waals surface area contributed by atoms with Gasteiger partial charge < -0.3 is 9.30 Å². The van der Waals surface area contributed by atoms with Crippen molar-refractivity contribution >= 4 is 21.8 Å². The zero-order valence-electron chi connectivity index (χ0n) is 34.4. The third-order valence-electron chi connectivity index (χ3n) is 10.4. The van der Waals surface area contributed by atoms with Crippen LogP contribution in [-0.2, 0) is 31.3 Å². The van der Waals surface area contributed by atoms with Gasteiger partial charge in [-0.1, -0.05) is 125 Å². The molecule has 55 heavy (non-hydrogen) atoms. The molecule has 0 saturated carbocycles. The van der Waals surface area contributed by atoms with Gasteiger partial charge in [0.25, 0.3) is 0 Å². The van der Waals surface area contributed by atoms with Crippen LogP contribution in [0.1, 0.15) is 129 Å². The summed E-state index contributed by atoms with van der Waals surface area (Å²) in [5.74, 6) is 2.90. The second-order valence-electron chi connectivity index (χ2n) is 17.7. The van der Waals surface area contributed by atoms with Crippen molar-refractivity contribution in [2.45, 2.75) is 112 Å². The molecule has 0 bridgehead atoms. The molecule has 0 radical (unpaired) electrons. The summed E-state index contributed by atoms with van der Waals surface area (Å²) in [7, 11) is 0. The second-order valence-corrected chi connectivity index (χ2v) is 17.7. The topological polar surface area (TPSA) is 44.9 Å². The number of hydrogen-bond acceptors (Lipinski definition) is 3. The van der Waals surface area contributed by atoms with Crippen LogP contribution in [0.5, 0.6) is 11.5 Å². The third-order valence-corrected chi connectivity index (χ3v) is 10.4. The van der Waals surface area contributed by atoms with Crippen molar-refractivity contribution in [1.82, 2.24) is 19.3 Å². The Balaban J connectivity index is 0.00000514. The zero-order chi connectivity index (χ0) is 38.7. The Bertz CT molecular complexity index is 2450. The van der Waals surface area contributed by atoms with Crippen LogP contribution in [0.3, 0.4) is 0 Å². The van der Waals surface area contributed by atoms with Crippen molar-refractivity contribution in [1.29, 1.82) is 0 Å². The summed E-state index contributed by atoms with van der Waals surface area (Å²) in [5, 5.41) is 7.60. The predicted octanol–water partition coefficient (Wildman–Crippen LogP) is 13.4. The molecule has 3 aromatic heterocycles. The molecule has 5 nitrogen and oxygen atoms in total. The Morgan fingerprint density at radius 3 is 1.96 bits per heavy atom. The SMILES string of the molecule is CC(C)c1ccnc(-n2c3[c-]c(Oc4[c-]c(-n5nc(C(C)C)c(-c6cc(C(C)(C)C)cc(C(C)(C)C)c6)c5C(C)C)ccc4)ccc3c3ccccc32)c1.[Pd+2]. The van der Waals surface area contributed by atoms with E-state index in [9.17, 15) is 0 Å². The molecule has 0 amide bonds. The molecule has 0 atom stereocenters. The molecule has 7 rings (SSSR count). The molecule has 3 heterocycles. The number of aromatic nitrogens is 4. The molecule has 286 valence electrons. The predicted molar refractivity (Wildman–Crippen MR) is 225 cm³/mol. The maximum Gasteiger partial charge on any atom is 2.00 e. The number of hydrogen-bond donors (Lipinski definition) is 0. The van der Waals surface area contributed by atoms with Crippen LogP contribution in [0.15, 0.2) is 91.1 Å². The van der Waals surface area contributed by atoms with Crippen LogP contribution in [-0.4, -0.2) is 19.3 Å². The van der Waals surface area contributed by atoms with Gasteiger partial charge in [-0.15, -0.1) is 35.7 Å². The Morgan fingerprint density at radius 1 is 0.655 bits per heavy atom. The third kappa shape index (κ3) is 7.82. The van der Waals surface area contributed by atoms with E-state index in [0.717, 1.165) is 39.0 Å². The Kier molecular flexibility index (Phi) is 11.1. The number of para-hydroxylation sites is 1. The van der Waals surface area contributed by atoms with Crippen LogP contribution in [0, 0.1) is 12.1 Å². The van der Waals surface area contributed by atoms with Gasteiger partial charge in [0.15, 0.2) is 0 Å². The zero-order valence-corrected chi connectivity index (χ0v) is 36.0. The molecular weight excluding hydrogens is 767 g/mol. The minimum Gasteiger partial charge on any atom is -0.509 e. The van der Waals surface area contributed by atoms with E-state index in [2.05, 4.69) is 171 Å². The average molecular weight is 821 g/mol. The van der Waals surface area contributed by atoms with Crippen LogP contribution in [0.4, 0.5) is 0 Å². The molecule has 7 aromatic rings. The number of nitrogens with zero attached hydrogens (tertiary/aromatic N) is 4. The summed E-state index contributed by atoms with van der Waals surface area (Å²) >= 11 is 0. The maximum atomic E-state index is 6.59. The first kappa shape index (κ1) is 40.2. The molecular formula is C49H54N4OPd. The van der Waals surface area contributed by atoms with E-state index in [1.807, 2.05) is 24.4 Å². The van der Waals surface area contributed by atoms with Gasteiger partial charge in [0, 0.05) is 28.8 Å². The van der Waals surface area contributed by atoms with Gasteiger partial charge in [0.2, 0.25) is 0 Å². The standard InChI is InChI=1S/C49H54N4O.Pd/c1-30(2)33-22-23-50-44(26-33)52-42-19-14-13-18-40(42)41-21-20-39(29-43(41)52)54-38-17-15-16-37(28-38)53-47(32(5)6)45(46(51-53)31(3)4)34-24-35(48(7,8)9)27-36(25-34)49(10,11)12;/h13-27,30-32H,1-12H3;/q-2;+2. The van der Waals surface area contributed by atoms with E-state index in [1.54, 1.807) is 0 Å². The summed E-state index contributed by atoms with van der Waals surface area (Å²) in [5.41, 5.74) is 11.5.